The summed E-state index contributed by atoms with van der Waals surface area (Å²) in [6.45, 7) is 0. The van der Waals surface area contributed by atoms with Gasteiger partial charge in [-0.3, -0.25) is 9.59 Å². The number of thiophene rings is 1. The molecule has 0 saturated heterocycles. The molecule has 0 fully saturated rings. The normalized spacial score (nSPS) is 23.4. The lowest BCUT2D eigenvalue weighted by atomic mass is 9.74. The van der Waals surface area contributed by atoms with Crippen LogP contribution in [0.25, 0.3) is 0 Å². The smallest absolute Gasteiger partial charge is 0.225 e. The summed E-state index contributed by atoms with van der Waals surface area (Å²) in [6, 6.07) is 9.40. The Bertz CT molecular complexity index is 889. The molecular formula is C19H15Cl2NO2S. The monoisotopic (exact) mass is 391 g/mol. The minimum atomic E-state index is -0.327. The number of ketones is 1. The highest BCUT2D eigenvalue weighted by Gasteiger charge is 2.39. The van der Waals surface area contributed by atoms with Gasteiger partial charge in [0.2, 0.25) is 5.91 Å². The van der Waals surface area contributed by atoms with Crippen molar-refractivity contribution in [2.24, 2.45) is 0 Å². The van der Waals surface area contributed by atoms with E-state index < -0.39 is 0 Å². The number of benzene rings is 1. The Hall–Kier alpha value is -1.62. The standard InChI is InChI=1S/C19H15Cl2NO2S/c20-13-4-1-3-11(19(13)21)12-9-17(24)22-14-7-10(8-15(23)18(12)14)16-5-2-6-25-16/h1-6,10,12H,7-9H2,(H,22,24)/t10-,12+/m0/s1. The minimum Gasteiger partial charge on any atom is -0.329 e. The highest BCUT2D eigenvalue weighted by Crippen LogP contribution is 2.45. The quantitative estimate of drug-likeness (QED) is 0.777. The fourth-order valence-corrected chi connectivity index (χ4v) is 5.01. The van der Waals surface area contributed by atoms with Crippen LogP contribution >= 0.6 is 34.5 Å². The summed E-state index contributed by atoms with van der Waals surface area (Å²) < 4.78 is 0. The summed E-state index contributed by atoms with van der Waals surface area (Å²) in [7, 11) is 0. The summed E-state index contributed by atoms with van der Waals surface area (Å²) in [5, 5.41) is 5.79. The van der Waals surface area contributed by atoms with Crippen LogP contribution in [0.5, 0.6) is 0 Å². The van der Waals surface area contributed by atoms with Crippen molar-refractivity contribution in [3.63, 3.8) is 0 Å². The molecule has 0 bridgehead atoms. The maximum absolute atomic E-state index is 12.9. The van der Waals surface area contributed by atoms with E-state index in [0.29, 0.717) is 28.5 Å². The first-order valence-corrected chi connectivity index (χ1v) is 9.71. The number of Topliss-reactive ketones (excluding diaryl/α,β-unsaturated/α-hetero) is 1. The van der Waals surface area contributed by atoms with Crippen LogP contribution in [0.2, 0.25) is 10.0 Å². The minimum absolute atomic E-state index is 0.0839. The van der Waals surface area contributed by atoms with E-state index in [0.717, 1.165) is 11.3 Å². The average molecular weight is 392 g/mol. The molecule has 1 aromatic carbocycles. The molecule has 2 heterocycles. The zero-order chi connectivity index (χ0) is 17.6. The Morgan fingerprint density at radius 3 is 2.64 bits per heavy atom. The van der Waals surface area contributed by atoms with Crippen molar-refractivity contribution < 1.29 is 9.59 Å². The molecule has 0 radical (unpaired) electrons. The highest BCUT2D eigenvalue weighted by atomic mass is 35.5. The number of hydrogen-bond donors (Lipinski definition) is 1. The van der Waals surface area contributed by atoms with E-state index in [1.807, 2.05) is 23.6 Å². The SMILES string of the molecule is O=C1C[C@H](c2cccc(Cl)c2Cl)C2=C(C[C@H](c3cccs3)CC2=O)N1. The number of rotatable bonds is 2. The summed E-state index contributed by atoms with van der Waals surface area (Å²) in [5.41, 5.74) is 2.18. The van der Waals surface area contributed by atoms with Crippen LogP contribution < -0.4 is 5.32 Å². The third-order valence-corrected chi connectivity index (χ3v) is 6.71. The molecule has 0 spiro atoms. The molecule has 0 unspecified atom stereocenters. The fourth-order valence-electron chi connectivity index (χ4n) is 3.74. The lowest BCUT2D eigenvalue weighted by molar-refractivity contribution is -0.122. The van der Waals surface area contributed by atoms with Gasteiger partial charge in [0.05, 0.1) is 10.0 Å². The Balaban J connectivity index is 1.77. The van der Waals surface area contributed by atoms with Crippen LogP contribution in [-0.4, -0.2) is 11.7 Å². The van der Waals surface area contributed by atoms with Crippen LogP contribution in [0.4, 0.5) is 0 Å². The number of carbonyl (C=O) groups is 2. The van der Waals surface area contributed by atoms with Crippen molar-refractivity contribution >= 4 is 46.2 Å². The van der Waals surface area contributed by atoms with Gasteiger partial charge in [-0.05, 0) is 29.5 Å². The molecule has 2 atom stereocenters. The van der Waals surface area contributed by atoms with Gasteiger partial charge in [-0.2, -0.15) is 0 Å². The maximum atomic E-state index is 12.9. The van der Waals surface area contributed by atoms with Gasteiger partial charge in [-0.25, -0.2) is 0 Å². The summed E-state index contributed by atoms with van der Waals surface area (Å²) in [6.07, 6.45) is 1.35. The Kier molecular flexibility index (Phi) is 4.44. The summed E-state index contributed by atoms with van der Waals surface area (Å²) >= 11 is 14.2. The molecule has 3 nitrogen and oxygen atoms in total. The second-order valence-electron chi connectivity index (χ2n) is 6.38. The van der Waals surface area contributed by atoms with E-state index >= 15 is 0 Å². The lowest BCUT2D eigenvalue weighted by Gasteiger charge is -2.34. The average Bonchev–Trinajstić information content (AvgIpc) is 3.10. The van der Waals surface area contributed by atoms with Gasteiger partial charge in [0.1, 0.15) is 0 Å². The van der Waals surface area contributed by atoms with Crippen molar-refractivity contribution in [2.45, 2.75) is 31.1 Å². The second kappa shape index (κ2) is 6.60. The molecule has 1 amide bonds. The molecular weight excluding hydrogens is 377 g/mol. The first-order valence-electron chi connectivity index (χ1n) is 8.08. The third kappa shape index (κ3) is 3.03. The van der Waals surface area contributed by atoms with E-state index in [9.17, 15) is 9.59 Å². The molecule has 1 aliphatic carbocycles. The van der Waals surface area contributed by atoms with E-state index in [4.69, 9.17) is 23.2 Å². The van der Waals surface area contributed by atoms with Crippen LogP contribution in [0.3, 0.4) is 0 Å². The van der Waals surface area contributed by atoms with Crippen molar-refractivity contribution in [3.8, 4) is 0 Å². The van der Waals surface area contributed by atoms with Crippen molar-refractivity contribution in [1.82, 2.24) is 5.32 Å². The second-order valence-corrected chi connectivity index (χ2v) is 8.15. The molecule has 128 valence electrons. The zero-order valence-corrected chi connectivity index (χ0v) is 15.5. The predicted molar refractivity (Wildman–Crippen MR) is 100 cm³/mol. The van der Waals surface area contributed by atoms with Gasteiger partial charge in [0.15, 0.2) is 5.78 Å². The molecule has 1 aliphatic heterocycles. The topological polar surface area (TPSA) is 46.2 Å². The largest absolute Gasteiger partial charge is 0.329 e. The molecule has 2 aromatic rings. The lowest BCUT2D eigenvalue weighted by Crippen LogP contribution is -2.38. The van der Waals surface area contributed by atoms with Crippen LogP contribution in [0, 0.1) is 0 Å². The number of hydrogen-bond acceptors (Lipinski definition) is 3. The van der Waals surface area contributed by atoms with Crippen molar-refractivity contribution in [3.05, 3.63) is 67.5 Å². The summed E-state index contributed by atoms with van der Waals surface area (Å²) in [5.74, 6) is -0.202. The number of nitrogens with one attached hydrogen (secondary N) is 1. The number of amides is 1. The molecule has 25 heavy (non-hydrogen) atoms. The predicted octanol–water partition coefficient (Wildman–Crippen LogP) is 5.06. The van der Waals surface area contributed by atoms with Gasteiger partial charge in [-0.1, -0.05) is 41.4 Å². The Labute approximate surface area is 159 Å². The molecule has 4 rings (SSSR count). The van der Waals surface area contributed by atoms with Gasteiger partial charge < -0.3 is 5.32 Å². The van der Waals surface area contributed by atoms with Crippen LogP contribution in [-0.2, 0) is 9.59 Å². The van der Waals surface area contributed by atoms with Gasteiger partial charge >= 0.3 is 0 Å². The molecule has 2 aliphatic rings. The molecule has 1 N–H and O–H groups in total. The Morgan fingerprint density at radius 2 is 1.88 bits per heavy atom. The number of allylic oxidation sites excluding steroid dienone is 2. The van der Waals surface area contributed by atoms with Gasteiger partial charge in [0.25, 0.3) is 0 Å². The van der Waals surface area contributed by atoms with E-state index in [-0.39, 0.29) is 29.9 Å². The van der Waals surface area contributed by atoms with E-state index in [2.05, 4.69) is 5.32 Å². The number of halogens is 2. The van der Waals surface area contributed by atoms with Crippen molar-refractivity contribution in [1.29, 1.82) is 0 Å². The van der Waals surface area contributed by atoms with E-state index in [1.165, 1.54) is 4.88 Å². The van der Waals surface area contributed by atoms with Crippen LogP contribution in [0.1, 0.15) is 41.5 Å². The molecule has 6 heteroatoms. The fraction of sp³-hybridized carbons (Fsp3) is 0.263. The van der Waals surface area contributed by atoms with Gasteiger partial charge in [0, 0.05) is 40.8 Å². The zero-order valence-electron chi connectivity index (χ0n) is 13.2. The third-order valence-electron chi connectivity index (χ3n) is 4.84. The molecule has 1 aromatic heterocycles. The van der Waals surface area contributed by atoms with Gasteiger partial charge in [-0.15, -0.1) is 11.3 Å². The maximum Gasteiger partial charge on any atom is 0.225 e. The summed E-state index contributed by atoms with van der Waals surface area (Å²) in [4.78, 5) is 26.4. The highest BCUT2D eigenvalue weighted by molar-refractivity contribution is 7.10. The van der Waals surface area contributed by atoms with Crippen molar-refractivity contribution in [2.75, 3.05) is 0 Å². The first kappa shape index (κ1) is 16.8. The Morgan fingerprint density at radius 1 is 1.04 bits per heavy atom. The molecule has 0 saturated carbocycles. The van der Waals surface area contributed by atoms with E-state index in [1.54, 1.807) is 23.5 Å². The first-order chi connectivity index (χ1) is 12.0. The van der Waals surface area contributed by atoms with Crippen LogP contribution in [0.15, 0.2) is 47.0 Å². The number of carbonyl (C=O) groups excluding carboxylic acids is 2.